The number of nitrogens with one attached hydrogen (secondary N) is 1. The van der Waals surface area contributed by atoms with Crippen LogP contribution in [0.15, 0.2) is 66.1 Å². The van der Waals surface area contributed by atoms with Gasteiger partial charge in [-0.05, 0) is 37.6 Å². The van der Waals surface area contributed by atoms with Crippen molar-refractivity contribution < 1.29 is 4.79 Å². The first kappa shape index (κ1) is 18.9. The molecule has 0 spiro atoms. The number of nitrogens with zero attached hydrogens (tertiary/aromatic N) is 2. The Bertz CT molecular complexity index is 914. The highest BCUT2D eigenvalue weighted by atomic mass is 32.1. The van der Waals surface area contributed by atoms with Crippen LogP contribution in [0.2, 0.25) is 0 Å². The van der Waals surface area contributed by atoms with Crippen LogP contribution in [0.1, 0.15) is 19.4 Å². The van der Waals surface area contributed by atoms with Crippen LogP contribution < -0.4 is 10.2 Å². The molecule has 0 radical (unpaired) electrons. The number of thiazole rings is 1. The fourth-order valence-electron chi connectivity index (χ4n) is 2.71. The van der Waals surface area contributed by atoms with Crippen LogP contribution in [0.5, 0.6) is 0 Å². The highest BCUT2D eigenvalue weighted by Crippen LogP contribution is 2.28. The second-order valence-corrected chi connectivity index (χ2v) is 6.84. The lowest BCUT2D eigenvalue weighted by Gasteiger charge is -2.16. The van der Waals surface area contributed by atoms with Gasteiger partial charge in [0.25, 0.3) is 0 Å². The first-order chi connectivity index (χ1) is 13.2. The fraction of sp³-hybridized carbons (Fsp3) is 0.182. The summed E-state index contributed by atoms with van der Waals surface area (Å²) < 4.78 is 0. The van der Waals surface area contributed by atoms with Crippen LogP contribution >= 0.6 is 11.3 Å². The van der Waals surface area contributed by atoms with Crippen LogP contribution in [-0.2, 0) is 4.79 Å². The zero-order valence-electron chi connectivity index (χ0n) is 15.6. The van der Waals surface area contributed by atoms with Gasteiger partial charge in [0.15, 0.2) is 5.13 Å². The third-order valence-electron chi connectivity index (χ3n) is 4.18. The average molecular weight is 378 g/mol. The van der Waals surface area contributed by atoms with Crippen molar-refractivity contribution in [1.82, 2.24) is 4.98 Å². The maximum Gasteiger partial charge on any atom is 0.248 e. The predicted octanol–water partition coefficient (Wildman–Crippen LogP) is 5.31. The Kier molecular flexibility index (Phi) is 6.39. The minimum atomic E-state index is -0.155. The van der Waals surface area contributed by atoms with Crippen molar-refractivity contribution in [2.75, 3.05) is 23.3 Å². The second kappa shape index (κ2) is 9.14. The molecule has 0 saturated heterocycles. The summed E-state index contributed by atoms with van der Waals surface area (Å²) in [6, 6.07) is 17.5. The van der Waals surface area contributed by atoms with Gasteiger partial charge in [0.1, 0.15) is 0 Å². The van der Waals surface area contributed by atoms with Crippen molar-refractivity contribution in [1.29, 1.82) is 0 Å². The van der Waals surface area contributed by atoms with Crippen molar-refractivity contribution in [2.45, 2.75) is 13.8 Å². The molecule has 1 heterocycles. The minimum Gasteiger partial charge on any atom is -0.349 e. The molecule has 1 amide bonds. The van der Waals surface area contributed by atoms with Gasteiger partial charge in [0, 0.05) is 35.8 Å². The first-order valence-electron chi connectivity index (χ1n) is 9.04. The Morgan fingerprint density at radius 1 is 1.11 bits per heavy atom. The van der Waals surface area contributed by atoms with Crippen LogP contribution in [0.4, 0.5) is 10.8 Å². The molecule has 5 heteroatoms. The van der Waals surface area contributed by atoms with E-state index in [0.717, 1.165) is 40.7 Å². The number of amides is 1. The summed E-state index contributed by atoms with van der Waals surface area (Å²) in [4.78, 5) is 19.2. The SMILES string of the molecule is CCN(CC)c1nc(-c2cccc(NC(=O)C=Cc3ccccc3)c2)cs1. The normalized spacial score (nSPS) is 10.9. The van der Waals surface area contributed by atoms with Gasteiger partial charge in [-0.1, -0.05) is 42.5 Å². The topological polar surface area (TPSA) is 45.2 Å². The van der Waals surface area contributed by atoms with E-state index in [1.807, 2.05) is 54.6 Å². The molecule has 0 bridgehead atoms. The summed E-state index contributed by atoms with van der Waals surface area (Å²) in [5, 5.41) is 6.00. The summed E-state index contributed by atoms with van der Waals surface area (Å²) in [7, 11) is 0. The van der Waals surface area contributed by atoms with E-state index < -0.39 is 0 Å². The summed E-state index contributed by atoms with van der Waals surface area (Å²) >= 11 is 1.64. The molecule has 0 aliphatic rings. The molecular weight excluding hydrogens is 354 g/mol. The molecule has 3 rings (SSSR count). The molecule has 0 fully saturated rings. The van der Waals surface area contributed by atoms with Gasteiger partial charge in [-0.3, -0.25) is 4.79 Å². The van der Waals surface area contributed by atoms with E-state index in [0.29, 0.717) is 0 Å². The van der Waals surface area contributed by atoms with Crippen molar-refractivity contribution in [3.8, 4) is 11.3 Å². The summed E-state index contributed by atoms with van der Waals surface area (Å²) in [6.45, 7) is 6.13. The third-order valence-corrected chi connectivity index (χ3v) is 5.08. The number of anilines is 2. The quantitative estimate of drug-likeness (QED) is 0.568. The monoisotopic (exact) mass is 377 g/mol. The van der Waals surface area contributed by atoms with Gasteiger partial charge in [0.2, 0.25) is 5.91 Å². The number of hydrogen-bond donors (Lipinski definition) is 1. The van der Waals surface area contributed by atoms with Crippen LogP contribution in [0.3, 0.4) is 0 Å². The van der Waals surface area contributed by atoms with Crippen LogP contribution in [0.25, 0.3) is 17.3 Å². The van der Waals surface area contributed by atoms with Crippen molar-refractivity contribution in [2.24, 2.45) is 0 Å². The lowest BCUT2D eigenvalue weighted by Crippen LogP contribution is -2.21. The maximum atomic E-state index is 12.2. The smallest absolute Gasteiger partial charge is 0.248 e. The van der Waals surface area contributed by atoms with Gasteiger partial charge in [-0.25, -0.2) is 4.98 Å². The molecule has 0 aliphatic carbocycles. The van der Waals surface area contributed by atoms with E-state index in [-0.39, 0.29) is 5.91 Å². The number of hydrogen-bond acceptors (Lipinski definition) is 4. The Morgan fingerprint density at radius 2 is 1.89 bits per heavy atom. The first-order valence-corrected chi connectivity index (χ1v) is 9.92. The van der Waals surface area contributed by atoms with Gasteiger partial charge in [-0.2, -0.15) is 0 Å². The van der Waals surface area contributed by atoms with Crippen LogP contribution in [-0.4, -0.2) is 24.0 Å². The van der Waals surface area contributed by atoms with E-state index in [2.05, 4.69) is 29.4 Å². The molecule has 1 aromatic heterocycles. The standard InChI is InChI=1S/C22H23N3OS/c1-3-25(4-2)22-24-20(16-27-22)18-11-8-12-19(15-18)23-21(26)14-13-17-9-6-5-7-10-17/h5-16H,3-4H2,1-2H3,(H,23,26). The zero-order chi connectivity index (χ0) is 19.1. The summed E-state index contributed by atoms with van der Waals surface area (Å²) in [6.07, 6.45) is 3.35. The zero-order valence-corrected chi connectivity index (χ0v) is 16.4. The summed E-state index contributed by atoms with van der Waals surface area (Å²) in [5.74, 6) is -0.155. The Labute approximate surface area is 164 Å². The molecule has 2 aromatic carbocycles. The molecule has 4 nitrogen and oxygen atoms in total. The number of aromatic nitrogens is 1. The number of carbonyl (C=O) groups excluding carboxylic acids is 1. The molecule has 0 unspecified atom stereocenters. The Balaban J connectivity index is 1.70. The minimum absolute atomic E-state index is 0.155. The van der Waals surface area contributed by atoms with Crippen molar-refractivity contribution in [3.05, 3.63) is 71.6 Å². The van der Waals surface area contributed by atoms with E-state index in [9.17, 15) is 4.79 Å². The fourth-order valence-corrected chi connectivity index (χ4v) is 3.68. The Hall–Kier alpha value is -2.92. The average Bonchev–Trinajstić information content (AvgIpc) is 3.18. The molecule has 1 N–H and O–H groups in total. The molecule has 3 aromatic rings. The molecule has 0 atom stereocenters. The highest BCUT2D eigenvalue weighted by molar-refractivity contribution is 7.14. The second-order valence-electron chi connectivity index (χ2n) is 6.00. The van der Waals surface area contributed by atoms with Gasteiger partial charge in [-0.15, -0.1) is 11.3 Å². The number of carbonyl (C=O) groups is 1. The van der Waals surface area contributed by atoms with Gasteiger partial charge < -0.3 is 10.2 Å². The van der Waals surface area contributed by atoms with E-state index in [1.165, 1.54) is 0 Å². The number of rotatable bonds is 7. The van der Waals surface area contributed by atoms with Crippen molar-refractivity contribution in [3.63, 3.8) is 0 Å². The molecular formula is C22H23N3OS. The van der Waals surface area contributed by atoms with E-state index in [1.54, 1.807) is 23.5 Å². The molecule has 138 valence electrons. The third kappa shape index (κ3) is 5.05. The highest BCUT2D eigenvalue weighted by Gasteiger charge is 2.10. The Morgan fingerprint density at radius 3 is 2.63 bits per heavy atom. The van der Waals surface area contributed by atoms with E-state index >= 15 is 0 Å². The predicted molar refractivity (Wildman–Crippen MR) is 115 cm³/mol. The number of benzene rings is 2. The van der Waals surface area contributed by atoms with Gasteiger partial charge >= 0.3 is 0 Å². The van der Waals surface area contributed by atoms with Crippen LogP contribution in [0, 0.1) is 0 Å². The molecule has 0 saturated carbocycles. The molecule has 0 aliphatic heterocycles. The van der Waals surface area contributed by atoms with E-state index in [4.69, 9.17) is 4.98 Å². The molecule has 27 heavy (non-hydrogen) atoms. The maximum absolute atomic E-state index is 12.2. The van der Waals surface area contributed by atoms with Gasteiger partial charge in [0.05, 0.1) is 5.69 Å². The van der Waals surface area contributed by atoms with Crippen molar-refractivity contribution >= 4 is 34.1 Å². The summed E-state index contributed by atoms with van der Waals surface area (Å²) in [5.41, 5.74) is 3.67. The largest absolute Gasteiger partial charge is 0.349 e. The lowest BCUT2D eigenvalue weighted by atomic mass is 10.1. The lowest BCUT2D eigenvalue weighted by molar-refractivity contribution is -0.111.